The van der Waals surface area contributed by atoms with Crippen molar-refractivity contribution in [3.63, 3.8) is 0 Å². The van der Waals surface area contributed by atoms with Gasteiger partial charge < -0.3 is 9.64 Å². The SMILES string of the molecule is O=S1(=O)N=C2CCCN2c2ccc(Oc3cccc(Br)c3)cc21. The topological polar surface area (TPSA) is 59.0 Å². The lowest BCUT2D eigenvalue weighted by atomic mass is 10.2. The summed E-state index contributed by atoms with van der Waals surface area (Å²) in [4.78, 5) is 2.18. The minimum Gasteiger partial charge on any atom is -0.457 e. The van der Waals surface area contributed by atoms with Crippen molar-refractivity contribution in [3.8, 4) is 11.5 Å². The van der Waals surface area contributed by atoms with Crippen LogP contribution in [0.25, 0.3) is 0 Å². The molecule has 0 spiro atoms. The lowest BCUT2D eigenvalue weighted by Crippen LogP contribution is -2.30. The molecular formula is C16H13BrN2O3S. The van der Waals surface area contributed by atoms with Gasteiger partial charge in [-0.25, -0.2) is 0 Å². The van der Waals surface area contributed by atoms with E-state index in [0.29, 0.717) is 29.4 Å². The molecule has 118 valence electrons. The van der Waals surface area contributed by atoms with Crippen LogP contribution in [0.15, 0.2) is 56.2 Å². The highest BCUT2D eigenvalue weighted by atomic mass is 79.9. The second kappa shape index (κ2) is 5.35. The van der Waals surface area contributed by atoms with Crippen molar-refractivity contribution in [1.82, 2.24) is 0 Å². The Hall–Kier alpha value is -1.86. The van der Waals surface area contributed by atoms with E-state index in [4.69, 9.17) is 4.74 Å². The van der Waals surface area contributed by atoms with Crippen molar-refractivity contribution in [3.05, 3.63) is 46.9 Å². The van der Waals surface area contributed by atoms with Crippen LogP contribution in [-0.4, -0.2) is 20.8 Å². The third-order valence-corrected chi connectivity index (χ3v) is 5.68. The minimum atomic E-state index is -3.66. The maximum Gasteiger partial charge on any atom is 0.286 e. The quantitative estimate of drug-likeness (QED) is 0.776. The lowest BCUT2D eigenvalue weighted by Gasteiger charge is -2.25. The minimum absolute atomic E-state index is 0.204. The van der Waals surface area contributed by atoms with Crippen LogP contribution in [0, 0.1) is 0 Å². The van der Waals surface area contributed by atoms with E-state index in [1.165, 1.54) is 0 Å². The zero-order valence-electron chi connectivity index (χ0n) is 12.1. The summed E-state index contributed by atoms with van der Waals surface area (Å²) < 4.78 is 35.4. The molecule has 23 heavy (non-hydrogen) atoms. The molecule has 0 N–H and O–H groups in total. The van der Waals surface area contributed by atoms with Crippen LogP contribution in [0.4, 0.5) is 5.69 Å². The van der Waals surface area contributed by atoms with Gasteiger partial charge in [0.2, 0.25) is 0 Å². The van der Waals surface area contributed by atoms with E-state index in [-0.39, 0.29) is 4.90 Å². The van der Waals surface area contributed by atoms with Crippen LogP contribution in [0.3, 0.4) is 0 Å². The van der Waals surface area contributed by atoms with Gasteiger partial charge in [0, 0.05) is 23.5 Å². The fourth-order valence-electron chi connectivity index (χ4n) is 2.86. The van der Waals surface area contributed by atoms with Crippen LogP contribution in [0.5, 0.6) is 11.5 Å². The molecule has 0 aliphatic carbocycles. The monoisotopic (exact) mass is 392 g/mol. The summed E-state index contributed by atoms with van der Waals surface area (Å²) in [5.41, 5.74) is 0.689. The molecule has 2 aromatic carbocycles. The lowest BCUT2D eigenvalue weighted by molar-refractivity contribution is 0.480. The Morgan fingerprint density at radius 3 is 2.78 bits per heavy atom. The number of rotatable bonds is 2. The van der Waals surface area contributed by atoms with E-state index in [1.807, 2.05) is 29.2 Å². The van der Waals surface area contributed by atoms with Gasteiger partial charge in [-0.3, -0.25) is 0 Å². The van der Waals surface area contributed by atoms with Gasteiger partial charge in [-0.15, -0.1) is 4.40 Å². The van der Waals surface area contributed by atoms with Crippen molar-refractivity contribution in [2.45, 2.75) is 17.7 Å². The predicted octanol–water partition coefficient (Wildman–Crippen LogP) is 3.94. The van der Waals surface area contributed by atoms with Gasteiger partial charge in [0.15, 0.2) is 0 Å². The fraction of sp³-hybridized carbons (Fsp3) is 0.188. The van der Waals surface area contributed by atoms with Crippen LogP contribution in [-0.2, 0) is 10.0 Å². The number of halogens is 1. The molecule has 0 radical (unpaired) electrons. The Morgan fingerprint density at radius 1 is 1.13 bits per heavy atom. The van der Waals surface area contributed by atoms with Crippen LogP contribution < -0.4 is 9.64 Å². The third kappa shape index (κ3) is 2.64. The summed E-state index contributed by atoms with van der Waals surface area (Å²) in [5.74, 6) is 1.75. The first-order chi connectivity index (χ1) is 11.0. The number of nitrogens with zero attached hydrogens (tertiary/aromatic N) is 2. The van der Waals surface area contributed by atoms with E-state index in [1.54, 1.807) is 18.2 Å². The molecule has 1 saturated heterocycles. The van der Waals surface area contributed by atoms with Crippen molar-refractivity contribution in [1.29, 1.82) is 0 Å². The molecule has 1 fully saturated rings. The van der Waals surface area contributed by atoms with Gasteiger partial charge in [-0.2, -0.15) is 8.42 Å². The van der Waals surface area contributed by atoms with Gasteiger partial charge in [0.1, 0.15) is 22.2 Å². The molecule has 0 bridgehead atoms. The number of hydrogen-bond donors (Lipinski definition) is 0. The van der Waals surface area contributed by atoms with Crippen molar-refractivity contribution >= 4 is 37.5 Å². The summed E-state index contributed by atoms with van der Waals surface area (Å²) >= 11 is 3.38. The normalized spacial score (nSPS) is 18.1. The molecule has 2 aliphatic heterocycles. The predicted molar refractivity (Wildman–Crippen MR) is 91.9 cm³/mol. The first-order valence-corrected chi connectivity index (χ1v) is 9.45. The summed E-state index contributed by atoms with van der Waals surface area (Å²) in [6, 6.07) is 12.5. The molecule has 0 aromatic heterocycles. The molecule has 0 saturated carbocycles. The summed E-state index contributed by atoms with van der Waals surface area (Å²) in [6.07, 6.45) is 1.62. The molecule has 7 heteroatoms. The van der Waals surface area contributed by atoms with Gasteiger partial charge in [0.25, 0.3) is 10.0 Å². The molecule has 0 amide bonds. The van der Waals surface area contributed by atoms with Crippen LogP contribution in [0.2, 0.25) is 0 Å². The van der Waals surface area contributed by atoms with Crippen LogP contribution in [0.1, 0.15) is 12.8 Å². The molecule has 0 unspecified atom stereocenters. The standard InChI is InChI=1S/C16H13BrN2O3S/c17-11-3-1-4-12(9-11)22-13-6-7-14-15(10-13)23(20,21)18-16-5-2-8-19(14)16/h1,3-4,6-7,9-10H,2,5,8H2. The smallest absolute Gasteiger partial charge is 0.286 e. The molecule has 2 aliphatic rings. The number of fused-ring (bicyclic) bond motifs is 3. The van der Waals surface area contributed by atoms with Crippen molar-refractivity contribution in [2.24, 2.45) is 4.40 Å². The molecule has 2 heterocycles. The number of benzene rings is 2. The Balaban J connectivity index is 1.75. The van der Waals surface area contributed by atoms with Gasteiger partial charge in [0.05, 0.1) is 5.69 Å². The number of amidine groups is 1. The maximum absolute atomic E-state index is 12.4. The van der Waals surface area contributed by atoms with E-state index >= 15 is 0 Å². The first kappa shape index (κ1) is 14.7. The zero-order valence-corrected chi connectivity index (χ0v) is 14.5. The number of hydrogen-bond acceptors (Lipinski definition) is 4. The van der Waals surface area contributed by atoms with E-state index in [0.717, 1.165) is 17.4 Å². The number of sulfonamides is 1. The largest absolute Gasteiger partial charge is 0.457 e. The second-order valence-electron chi connectivity index (χ2n) is 5.43. The summed E-state index contributed by atoms with van der Waals surface area (Å²) in [5, 5.41) is 0. The van der Waals surface area contributed by atoms with Crippen LogP contribution >= 0.6 is 15.9 Å². The number of anilines is 1. The Bertz CT molecular complexity index is 925. The van der Waals surface area contributed by atoms with E-state index in [2.05, 4.69) is 20.3 Å². The first-order valence-electron chi connectivity index (χ1n) is 7.22. The summed E-state index contributed by atoms with van der Waals surface area (Å²) in [7, 11) is -3.66. The fourth-order valence-corrected chi connectivity index (χ4v) is 4.51. The molecule has 0 atom stereocenters. The molecule has 5 nitrogen and oxygen atoms in total. The second-order valence-corrected chi connectivity index (χ2v) is 7.91. The highest BCUT2D eigenvalue weighted by Crippen LogP contribution is 2.38. The Labute approximate surface area is 142 Å². The Morgan fingerprint density at radius 2 is 1.96 bits per heavy atom. The third-order valence-electron chi connectivity index (χ3n) is 3.85. The zero-order chi connectivity index (χ0) is 16.0. The van der Waals surface area contributed by atoms with E-state index < -0.39 is 10.0 Å². The molecular weight excluding hydrogens is 380 g/mol. The van der Waals surface area contributed by atoms with Gasteiger partial charge in [-0.1, -0.05) is 22.0 Å². The van der Waals surface area contributed by atoms with E-state index in [9.17, 15) is 8.42 Å². The van der Waals surface area contributed by atoms with Gasteiger partial charge in [-0.05, 0) is 36.8 Å². The molecule has 2 aromatic rings. The van der Waals surface area contributed by atoms with Crippen molar-refractivity contribution in [2.75, 3.05) is 11.4 Å². The highest BCUT2D eigenvalue weighted by Gasteiger charge is 2.33. The molecule has 4 rings (SSSR count). The average Bonchev–Trinajstić information content (AvgIpc) is 2.95. The summed E-state index contributed by atoms with van der Waals surface area (Å²) in [6.45, 7) is 0.799. The highest BCUT2D eigenvalue weighted by molar-refractivity contribution is 9.10. The van der Waals surface area contributed by atoms with Gasteiger partial charge >= 0.3 is 0 Å². The van der Waals surface area contributed by atoms with Crippen molar-refractivity contribution < 1.29 is 13.2 Å². The number of ether oxygens (including phenoxy) is 1. The average molecular weight is 393 g/mol. The Kier molecular flexibility index (Phi) is 3.42. The maximum atomic E-state index is 12.4.